The first-order chi connectivity index (χ1) is 11.5. The number of aromatic nitrogens is 1. The van der Waals surface area contributed by atoms with Gasteiger partial charge in [0.1, 0.15) is 28.5 Å². The number of nitrogens with one attached hydrogen (secondary N) is 1. The van der Waals surface area contributed by atoms with Crippen molar-refractivity contribution >= 4 is 27.9 Å². The van der Waals surface area contributed by atoms with Crippen LogP contribution in [0.1, 0.15) is 25.6 Å². The highest BCUT2D eigenvalue weighted by Gasteiger charge is 2.63. The fourth-order valence-corrected chi connectivity index (χ4v) is 3.24. The largest absolute Gasteiger partial charge is 0.417 e. The van der Waals surface area contributed by atoms with E-state index in [0.29, 0.717) is 0 Å². The molecule has 1 aromatic rings. The molecule has 2 heterocycles. The van der Waals surface area contributed by atoms with Crippen LogP contribution in [0.25, 0.3) is 0 Å². The molecule has 1 fully saturated rings. The Morgan fingerprint density at radius 3 is 2.60 bits per heavy atom. The number of pyridine rings is 1. The van der Waals surface area contributed by atoms with Gasteiger partial charge in [-0.2, -0.15) is 13.2 Å². The molecule has 25 heavy (non-hydrogen) atoms. The van der Waals surface area contributed by atoms with E-state index in [0.717, 1.165) is 6.92 Å². The lowest BCUT2D eigenvalue weighted by Crippen LogP contribution is -2.47. The number of ether oxygens (including phenoxy) is 1. The minimum Gasteiger partial charge on any atom is -0.393 e. The van der Waals surface area contributed by atoms with Crippen LogP contribution in [0, 0.1) is 5.92 Å². The summed E-state index contributed by atoms with van der Waals surface area (Å²) in [4.78, 5) is 16.2. The summed E-state index contributed by atoms with van der Waals surface area (Å²) in [7, 11) is 0. The molecule has 136 valence electrons. The summed E-state index contributed by atoms with van der Waals surface area (Å²) in [6, 6.07) is 2.82. The summed E-state index contributed by atoms with van der Waals surface area (Å²) in [5.74, 6) is -1.63. The SMILES string of the molecule is C[C@@H]1[CH]([Al])[C@@H](C(=O)Nc2ccc([C@H](O)CO)nc2)O[C@]1(C)C(F)(F)F. The smallest absolute Gasteiger partial charge is 0.393 e. The molecule has 1 aromatic heterocycles. The van der Waals surface area contributed by atoms with E-state index >= 15 is 0 Å². The number of carbonyl (C=O) groups excluding carboxylic acids is 1. The van der Waals surface area contributed by atoms with Crippen LogP contribution < -0.4 is 5.32 Å². The van der Waals surface area contributed by atoms with Gasteiger partial charge in [-0.25, -0.2) is 0 Å². The fraction of sp³-hybridized carbons (Fsp3) is 0.600. The van der Waals surface area contributed by atoms with Gasteiger partial charge in [0.15, 0.2) is 5.60 Å². The maximum Gasteiger partial charge on any atom is 0.417 e. The predicted octanol–water partition coefficient (Wildman–Crippen LogP) is 1.36. The van der Waals surface area contributed by atoms with Crippen LogP contribution in [0.15, 0.2) is 18.3 Å². The molecule has 5 atom stereocenters. The van der Waals surface area contributed by atoms with Crippen molar-refractivity contribution in [2.24, 2.45) is 5.92 Å². The molecule has 0 bridgehead atoms. The molecule has 6 nitrogen and oxygen atoms in total. The van der Waals surface area contributed by atoms with Crippen molar-refractivity contribution in [2.45, 2.75) is 42.6 Å². The van der Waals surface area contributed by atoms with Gasteiger partial charge < -0.3 is 20.3 Å². The number of amides is 1. The van der Waals surface area contributed by atoms with E-state index in [-0.39, 0.29) is 11.4 Å². The number of carbonyl (C=O) groups is 1. The van der Waals surface area contributed by atoms with E-state index in [1.807, 2.05) is 0 Å². The second-order valence-electron chi connectivity index (χ2n) is 6.17. The Balaban J connectivity index is 2.11. The van der Waals surface area contributed by atoms with Gasteiger partial charge in [-0.3, -0.25) is 9.78 Å². The molecule has 1 saturated heterocycles. The van der Waals surface area contributed by atoms with Gasteiger partial charge in [-0.05, 0) is 25.0 Å². The molecule has 2 radical (unpaired) electrons. The first-order valence-corrected chi connectivity index (χ1v) is 8.23. The summed E-state index contributed by atoms with van der Waals surface area (Å²) >= 11 is 2.25. The standard InChI is InChI=1S/C15H18F3N2O4.Al/c1-8-5-12(24-14(8,2)15(16,17)18)13(23)20-9-3-4-10(19-6-9)11(22)7-21;/h3-6,8,11-12,21-22H,7H2,1-2H3,(H,20,23);/t8-,11-,12+,14+;/m1./s1. The number of hydrogen-bond donors (Lipinski definition) is 3. The highest BCUT2D eigenvalue weighted by Crippen LogP contribution is 2.51. The van der Waals surface area contributed by atoms with Crippen molar-refractivity contribution in [2.75, 3.05) is 11.9 Å². The number of aliphatic hydroxyl groups is 2. The molecule has 1 unspecified atom stereocenters. The van der Waals surface area contributed by atoms with Crippen LogP contribution in [0.3, 0.4) is 0 Å². The zero-order valence-corrected chi connectivity index (χ0v) is 14.8. The Bertz CT molecular complexity index is 628. The van der Waals surface area contributed by atoms with E-state index in [9.17, 15) is 23.1 Å². The molecule has 1 aliphatic rings. The molecular formula is C15H18AlF3N2O4. The molecule has 0 spiro atoms. The van der Waals surface area contributed by atoms with Crippen molar-refractivity contribution < 1.29 is 32.9 Å². The van der Waals surface area contributed by atoms with E-state index in [1.54, 1.807) is 0 Å². The second kappa shape index (κ2) is 7.21. The average molecular weight is 374 g/mol. The highest BCUT2D eigenvalue weighted by atomic mass is 27.0. The van der Waals surface area contributed by atoms with E-state index < -0.39 is 47.2 Å². The topological polar surface area (TPSA) is 91.7 Å². The number of nitrogens with zero attached hydrogens (tertiary/aromatic N) is 1. The summed E-state index contributed by atoms with van der Waals surface area (Å²) in [6.07, 6.45) is -5.78. The average Bonchev–Trinajstić information content (AvgIpc) is 2.80. The van der Waals surface area contributed by atoms with Gasteiger partial charge in [0.25, 0.3) is 5.91 Å². The van der Waals surface area contributed by atoms with Crippen LogP contribution >= 0.6 is 0 Å². The Morgan fingerprint density at radius 2 is 2.16 bits per heavy atom. The summed E-state index contributed by atoms with van der Waals surface area (Å²) in [5, 5.41) is 20.7. The molecule has 3 N–H and O–H groups in total. The maximum atomic E-state index is 13.3. The predicted molar refractivity (Wildman–Crippen MR) is 82.9 cm³/mol. The van der Waals surface area contributed by atoms with Crippen molar-refractivity contribution in [3.05, 3.63) is 24.0 Å². The van der Waals surface area contributed by atoms with Crippen molar-refractivity contribution in [1.82, 2.24) is 4.98 Å². The van der Waals surface area contributed by atoms with Crippen LogP contribution in [0.4, 0.5) is 18.9 Å². The monoisotopic (exact) mass is 374 g/mol. The van der Waals surface area contributed by atoms with Gasteiger partial charge in [0.05, 0.1) is 24.2 Å². The van der Waals surface area contributed by atoms with Crippen molar-refractivity contribution in [3.63, 3.8) is 0 Å². The Labute approximate surface area is 150 Å². The Morgan fingerprint density at radius 1 is 1.52 bits per heavy atom. The molecule has 1 aliphatic heterocycles. The molecule has 2 rings (SSSR count). The lowest BCUT2D eigenvalue weighted by molar-refractivity contribution is -0.272. The normalized spacial score (nSPS) is 30.9. The first-order valence-electron chi connectivity index (χ1n) is 7.57. The third-order valence-corrected chi connectivity index (χ3v) is 5.48. The number of hydrogen-bond acceptors (Lipinski definition) is 5. The summed E-state index contributed by atoms with van der Waals surface area (Å²) in [5.41, 5.74) is -1.96. The molecule has 0 saturated carbocycles. The third-order valence-electron chi connectivity index (χ3n) is 4.56. The molecular weight excluding hydrogens is 356 g/mol. The number of aliphatic hydroxyl groups excluding tert-OH is 2. The summed E-state index contributed by atoms with van der Waals surface area (Å²) in [6.45, 7) is 1.83. The van der Waals surface area contributed by atoms with Crippen LogP contribution in [0.5, 0.6) is 0 Å². The molecule has 10 heteroatoms. The Hall–Kier alpha value is -1.18. The number of halogens is 3. The number of anilines is 1. The number of rotatable bonds is 4. The molecule has 0 aliphatic carbocycles. The van der Waals surface area contributed by atoms with Crippen LogP contribution in [-0.2, 0) is 9.53 Å². The maximum absolute atomic E-state index is 13.3. The van der Waals surface area contributed by atoms with Gasteiger partial charge >= 0.3 is 6.18 Å². The first kappa shape index (κ1) is 20.1. The second-order valence-corrected chi connectivity index (χ2v) is 6.94. The van der Waals surface area contributed by atoms with Gasteiger partial charge in [-0.15, -0.1) is 0 Å². The quantitative estimate of drug-likeness (QED) is 0.693. The zero-order chi connectivity index (χ0) is 19.0. The molecule has 1 amide bonds. The zero-order valence-electron chi connectivity index (χ0n) is 13.6. The van der Waals surface area contributed by atoms with Crippen molar-refractivity contribution in [1.29, 1.82) is 0 Å². The van der Waals surface area contributed by atoms with E-state index in [4.69, 9.17) is 9.84 Å². The third kappa shape index (κ3) is 3.83. The van der Waals surface area contributed by atoms with Gasteiger partial charge in [-0.1, -0.05) is 11.7 Å². The molecule has 0 aromatic carbocycles. The number of alkyl halides is 3. The van der Waals surface area contributed by atoms with E-state index in [1.165, 1.54) is 25.3 Å². The lowest BCUT2D eigenvalue weighted by Gasteiger charge is -2.31. The van der Waals surface area contributed by atoms with Crippen LogP contribution in [-0.4, -0.2) is 61.9 Å². The van der Waals surface area contributed by atoms with Crippen LogP contribution in [0.2, 0.25) is 4.78 Å². The minimum atomic E-state index is -4.60. The summed E-state index contributed by atoms with van der Waals surface area (Å²) < 4.78 is 44.2. The van der Waals surface area contributed by atoms with Crippen molar-refractivity contribution in [3.8, 4) is 0 Å². The highest BCUT2D eigenvalue weighted by molar-refractivity contribution is 6.15. The Kier molecular flexibility index (Phi) is 5.81. The lowest BCUT2D eigenvalue weighted by atomic mass is 9.88. The minimum absolute atomic E-state index is 0.208. The van der Waals surface area contributed by atoms with Gasteiger partial charge in [0, 0.05) is 0 Å². The van der Waals surface area contributed by atoms with E-state index in [2.05, 4.69) is 26.6 Å². The fourth-order valence-electron chi connectivity index (χ4n) is 2.62. The van der Waals surface area contributed by atoms with Gasteiger partial charge in [0.2, 0.25) is 0 Å².